The largest absolute Gasteiger partial charge is 0.383 e. The van der Waals surface area contributed by atoms with E-state index in [0.29, 0.717) is 30.1 Å². The molecule has 4 rings (SSSR count). The molecule has 0 radical (unpaired) electrons. The summed E-state index contributed by atoms with van der Waals surface area (Å²) in [6.07, 6.45) is 0. The van der Waals surface area contributed by atoms with Gasteiger partial charge in [0.15, 0.2) is 0 Å². The fraction of sp³-hybridized carbons (Fsp3) is 0.148. The Hall–Kier alpha value is -4.26. The van der Waals surface area contributed by atoms with Gasteiger partial charge in [-0.1, -0.05) is 29.8 Å². The van der Waals surface area contributed by atoms with E-state index in [1.807, 2.05) is 54.6 Å². The predicted molar refractivity (Wildman–Crippen MR) is 141 cm³/mol. The van der Waals surface area contributed by atoms with Gasteiger partial charge in [-0.3, -0.25) is 9.89 Å². The molecule has 0 atom stereocenters. The Kier molecular flexibility index (Phi) is 8.24. The normalized spacial score (nSPS) is 10.4. The van der Waals surface area contributed by atoms with Crippen molar-refractivity contribution in [3.63, 3.8) is 0 Å². The summed E-state index contributed by atoms with van der Waals surface area (Å²) in [5.74, 6) is 6.11. The summed E-state index contributed by atoms with van der Waals surface area (Å²) in [6.45, 7) is 0.891. The quantitative estimate of drug-likeness (QED) is 0.225. The fourth-order valence-corrected chi connectivity index (χ4v) is 4.36. The number of carbonyl (C=O) groups excluding carboxylic acids is 2. The third-order valence-electron chi connectivity index (χ3n) is 5.18. The lowest BCUT2D eigenvalue weighted by molar-refractivity contribution is 0.0960. The minimum absolute atomic E-state index is 0.118. The van der Waals surface area contributed by atoms with E-state index in [9.17, 15) is 9.59 Å². The Bertz CT molecular complexity index is 1440. The van der Waals surface area contributed by atoms with Crippen molar-refractivity contribution < 1.29 is 14.3 Å². The molecule has 0 aliphatic carbocycles. The van der Waals surface area contributed by atoms with Gasteiger partial charge in [-0.05, 0) is 60.5 Å². The topological polar surface area (TPSA) is 108 Å². The number of H-pyrrole nitrogens is 1. The zero-order valence-corrected chi connectivity index (χ0v) is 20.7. The SMILES string of the molecule is CNC(=O)c1ccccc1Sc1ccc2c(C#Cc3ccc(NC(=O)NCCOC)cc3)n[nH]c2c1. The van der Waals surface area contributed by atoms with Crippen molar-refractivity contribution in [3.8, 4) is 11.8 Å². The van der Waals surface area contributed by atoms with Gasteiger partial charge in [-0.2, -0.15) is 5.10 Å². The molecular weight excluding hydrogens is 474 g/mol. The molecule has 8 nitrogen and oxygen atoms in total. The molecule has 0 aliphatic heterocycles. The van der Waals surface area contributed by atoms with E-state index >= 15 is 0 Å². The number of ether oxygens (including phenoxy) is 1. The smallest absolute Gasteiger partial charge is 0.319 e. The lowest BCUT2D eigenvalue weighted by Crippen LogP contribution is -2.31. The van der Waals surface area contributed by atoms with Crippen LogP contribution in [-0.4, -0.2) is 49.4 Å². The molecule has 0 saturated carbocycles. The lowest BCUT2D eigenvalue weighted by Gasteiger charge is -2.08. The third kappa shape index (κ3) is 6.24. The van der Waals surface area contributed by atoms with Crippen LogP contribution in [0.3, 0.4) is 0 Å². The predicted octanol–water partition coefficient (Wildman–Crippen LogP) is 4.24. The number of benzene rings is 3. The second-order valence-electron chi connectivity index (χ2n) is 7.66. The number of fused-ring (bicyclic) bond motifs is 1. The second-order valence-corrected chi connectivity index (χ2v) is 8.77. The van der Waals surface area contributed by atoms with Crippen LogP contribution in [0.2, 0.25) is 0 Å². The van der Waals surface area contributed by atoms with Crippen molar-refractivity contribution in [2.24, 2.45) is 0 Å². The third-order valence-corrected chi connectivity index (χ3v) is 6.25. The summed E-state index contributed by atoms with van der Waals surface area (Å²) in [6, 6.07) is 20.4. The van der Waals surface area contributed by atoms with Crippen LogP contribution < -0.4 is 16.0 Å². The number of nitrogens with one attached hydrogen (secondary N) is 4. The van der Waals surface area contributed by atoms with Gasteiger partial charge in [0, 0.05) is 47.1 Å². The van der Waals surface area contributed by atoms with Gasteiger partial charge in [-0.15, -0.1) is 0 Å². The summed E-state index contributed by atoms with van der Waals surface area (Å²) in [4.78, 5) is 25.8. The van der Waals surface area contributed by atoms with Crippen molar-refractivity contribution >= 4 is 40.3 Å². The molecule has 36 heavy (non-hydrogen) atoms. The molecule has 0 saturated heterocycles. The van der Waals surface area contributed by atoms with E-state index in [1.54, 1.807) is 26.3 Å². The summed E-state index contributed by atoms with van der Waals surface area (Å²) in [7, 11) is 3.21. The number of hydrogen-bond donors (Lipinski definition) is 4. The van der Waals surface area contributed by atoms with E-state index in [2.05, 4.69) is 38.0 Å². The van der Waals surface area contributed by atoms with Crippen molar-refractivity contribution in [1.82, 2.24) is 20.8 Å². The number of methoxy groups -OCH3 is 1. The van der Waals surface area contributed by atoms with E-state index in [0.717, 1.165) is 26.3 Å². The van der Waals surface area contributed by atoms with Gasteiger partial charge < -0.3 is 20.7 Å². The van der Waals surface area contributed by atoms with Crippen LogP contribution in [0.15, 0.2) is 76.5 Å². The number of anilines is 1. The number of hydrogen-bond acceptors (Lipinski definition) is 5. The van der Waals surface area contributed by atoms with Crippen molar-refractivity contribution in [3.05, 3.63) is 83.6 Å². The highest BCUT2D eigenvalue weighted by Crippen LogP contribution is 2.32. The van der Waals surface area contributed by atoms with Gasteiger partial charge in [0.1, 0.15) is 5.69 Å². The van der Waals surface area contributed by atoms with Gasteiger partial charge >= 0.3 is 6.03 Å². The summed E-state index contributed by atoms with van der Waals surface area (Å²) < 4.78 is 4.91. The average molecular weight is 500 g/mol. The Morgan fingerprint density at radius 2 is 1.86 bits per heavy atom. The van der Waals surface area contributed by atoms with E-state index < -0.39 is 0 Å². The summed E-state index contributed by atoms with van der Waals surface area (Å²) in [5.41, 5.74) is 3.61. The molecule has 3 aromatic carbocycles. The first-order valence-corrected chi connectivity index (χ1v) is 12.0. The average Bonchev–Trinajstić information content (AvgIpc) is 3.30. The number of aromatic nitrogens is 2. The second kappa shape index (κ2) is 11.9. The van der Waals surface area contributed by atoms with E-state index in [4.69, 9.17) is 4.74 Å². The van der Waals surface area contributed by atoms with E-state index in [1.165, 1.54) is 11.8 Å². The van der Waals surface area contributed by atoms with Gasteiger partial charge in [0.2, 0.25) is 0 Å². The number of amides is 3. The van der Waals surface area contributed by atoms with Gasteiger partial charge in [0.05, 0.1) is 17.7 Å². The van der Waals surface area contributed by atoms with Crippen LogP contribution in [0.1, 0.15) is 21.6 Å². The molecule has 3 amide bonds. The number of nitrogens with zero attached hydrogens (tertiary/aromatic N) is 1. The van der Waals surface area contributed by atoms with Crippen LogP contribution in [0.4, 0.5) is 10.5 Å². The van der Waals surface area contributed by atoms with Gasteiger partial charge in [0.25, 0.3) is 5.91 Å². The maximum Gasteiger partial charge on any atom is 0.319 e. The van der Waals surface area contributed by atoms with Crippen LogP contribution in [0.5, 0.6) is 0 Å². The Balaban J connectivity index is 1.45. The molecule has 0 aliphatic rings. The Labute approximate surface area is 213 Å². The standard InChI is InChI=1S/C27H25N5O3S/c1-28-26(33)22-5-3-4-6-25(22)36-20-12-13-21-23(31-32-24(21)17-20)14-9-18-7-10-19(11-8-18)30-27(34)29-15-16-35-2/h3-8,10-13,17H,15-16H2,1-2H3,(H,28,33)(H,31,32)(H2,29,30,34). The molecule has 0 fully saturated rings. The molecule has 4 aromatic rings. The summed E-state index contributed by atoms with van der Waals surface area (Å²) in [5, 5.41) is 16.5. The number of urea groups is 1. The highest BCUT2D eigenvalue weighted by atomic mass is 32.2. The molecule has 9 heteroatoms. The van der Waals surface area contributed by atoms with Crippen LogP contribution in [0.25, 0.3) is 10.9 Å². The summed E-state index contributed by atoms with van der Waals surface area (Å²) >= 11 is 1.52. The first-order valence-electron chi connectivity index (χ1n) is 11.2. The van der Waals surface area contributed by atoms with Gasteiger partial charge in [-0.25, -0.2) is 4.79 Å². The van der Waals surface area contributed by atoms with Crippen molar-refractivity contribution in [2.45, 2.75) is 9.79 Å². The maximum atomic E-state index is 12.2. The van der Waals surface area contributed by atoms with E-state index in [-0.39, 0.29) is 11.9 Å². The highest BCUT2D eigenvalue weighted by Gasteiger charge is 2.11. The molecular formula is C27H25N5O3S. The highest BCUT2D eigenvalue weighted by molar-refractivity contribution is 7.99. The number of rotatable bonds is 7. The van der Waals surface area contributed by atoms with Crippen molar-refractivity contribution in [1.29, 1.82) is 0 Å². The fourth-order valence-electron chi connectivity index (χ4n) is 3.37. The molecule has 4 N–H and O–H groups in total. The maximum absolute atomic E-state index is 12.2. The Morgan fingerprint density at radius 3 is 2.64 bits per heavy atom. The molecule has 1 heterocycles. The minimum Gasteiger partial charge on any atom is -0.383 e. The first kappa shape index (κ1) is 24.9. The zero-order chi connectivity index (χ0) is 25.3. The first-order chi connectivity index (χ1) is 17.6. The number of aromatic amines is 1. The van der Waals surface area contributed by atoms with Crippen LogP contribution >= 0.6 is 11.8 Å². The zero-order valence-electron chi connectivity index (χ0n) is 19.8. The van der Waals surface area contributed by atoms with Crippen molar-refractivity contribution in [2.75, 3.05) is 32.6 Å². The molecule has 1 aromatic heterocycles. The Morgan fingerprint density at radius 1 is 1.06 bits per heavy atom. The van der Waals surface area contributed by atoms with Crippen LogP contribution in [-0.2, 0) is 4.74 Å². The lowest BCUT2D eigenvalue weighted by atomic mass is 10.2. The molecule has 0 bridgehead atoms. The number of carbonyl (C=O) groups is 2. The molecule has 0 spiro atoms. The van der Waals surface area contributed by atoms with Crippen LogP contribution in [0, 0.1) is 11.8 Å². The molecule has 0 unspecified atom stereocenters. The monoisotopic (exact) mass is 499 g/mol. The molecule has 182 valence electrons. The minimum atomic E-state index is -0.288.